The minimum Gasteiger partial charge on any atom is -0.347 e. The van der Waals surface area contributed by atoms with Crippen LogP contribution in [0.3, 0.4) is 0 Å². The van der Waals surface area contributed by atoms with Gasteiger partial charge in [0.2, 0.25) is 5.91 Å². The standard InChI is InChI=1S/C27H31N3O2S/c1-27(2,3)26(32)28-20-8-4-6-18(14-20)21-9-5-7-19-15-23(33-24(19)21)25(31)29-22-16-30-12-10-17(22)11-13-30/h4-9,14-15,17,22H,10-13,16H2,1-3H3,(H,28,32)(H,29,31)/t22-/m0/s1. The highest BCUT2D eigenvalue weighted by molar-refractivity contribution is 7.21. The summed E-state index contributed by atoms with van der Waals surface area (Å²) in [5.41, 5.74) is 2.42. The van der Waals surface area contributed by atoms with Gasteiger partial charge in [-0.25, -0.2) is 0 Å². The van der Waals surface area contributed by atoms with E-state index in [1.165, 1.54) is 25.9 Å². The molecule has 0 spiro atoms. The van der Waals surface area contributed by atoms with Crippen LogP contribution in [0.25, 0.3) is 21.2 Å². The lowest BCUT2D eigenvalue weighted by atomic mass is 9.84. The maximum Gasteiger partial charge on any atom is 0.261 e. The Labute approximate surface area is 199 Å². The number of thiophene rings is 1. The molecule has 0 unspecified atom stereocenters. The number of carbonyl (C=O) groups excluding carboxylic acids is 2. The molecule has 3 aliphatic rings. The van der Waals surface area contributed by atoms with Crippen molar-refractivity contribution in [1.29, 1.82) is 0 Å². The predicted octanol–water partition coefficient (Wildman–Crippen LogP) is 5.38. The maximum absolute atomic E-state index is 13.1. The fourth-order valence-corrected chi connectivity index (χ4v) is 5.95. The van der Waals surface area contributed by atoms with Crippen LogP contribution in [-0.2, 0) is 4.79 Å². The lowest BCUT2D eigenvalue weighted by Gasteiger charge is -2.44. The van der Waals surface area contributed by atoms with Crippen LogP contribution in [0.5, 0.6) is 0 Å². The van der Waals surface area contributed by atoms with Gasteiger partial charge in [0.25, 0.3) is 5.91 Å². The van der Waals surface area contributed by atoms with Crippen LogP contribution in [0.2, 0.25) is 0 Å². The molecule has 0 radical (unpaired) electrons. The molecule has 3 saturated heterocycles. The van der Waals surface area contributed by atoms with Gasteiger partial charge in [-0.05, 0) is 66.6 Å². The molecule has 4 heterocycles. The van der Waals surface area contributed by atoms with Crippen molar-refractivity contribution < 1.29 is 9.59 Å². The van der Waals surface area contributed by atoms with E-state index >= 15 is 0 Å². The fourth-order valence-electron chi connectivity index (χ4n) is 4.85. The summed E-state index contributed by atoms with van der Waals surface area (Å²) >= 11 is 1.55. The van der Waals surface area contributed by atoms with Gasteiger partial charge in [-0.2, -0.15) is 0 Å². The molecule has 5 nitrogen and oxygen atoms in total. The first-order chi connectivity index (χ1) is 15.8. The Morgan fingerprint density at radius 2 is 1.79 bits per heavy atom. The normalized spacial score (nSPS) is 22.3. The molecule has 0 aliphatic carbocycles. The molecule has 33 heavy (non-hydrogen) atoms. The van der Waals surface area contributed by atoms with Crippen molar-refractivity contribution in [3.63, 3.8) is 0 Å². The van der Waals surface area contributed by atoms with E-state index in [-0.39, 0.29) is 17.9 Å². The number of anilines is 1. The van der Waals surface area contributed by atoms with Crippen LogP contribution in [0, 0.1) is 11.3 Å². The van der Waals surface area contributed by atoms with Gasteiger partial charge < -0.3 is 15.5 Å². The Morgan fingerprint density at radius 1 is 1.03 bits per heavy atom. The quantitative estimate of drug-likeness (QED) is 0.549. The molecular formula is C27H31N3O2S. The van der Waals surface area contributed by atoms with E-state index in [1.54, 1.807) is 11.3 Å². The summed E-state index contributed by atoms with van der Waals surface area (Å²) < 4.78 is 1.09. The van der Waals surface area contributed by atoms with E-state index in [9.17, 15) is 9.59 Å². The van der Waals surface area contributed by atoms with Gasteiger partial charge >= 0.3 is 0 Å². The minimum absolute atomic E-state index is 0.0133. The van der Waals surface area contributed by atoms with Crippen LogP contribution in [-0.4, -0.2) is 42.4 Å². The predicted molar refractivity (Wildman–Crippen MR) is 136 cm³/mol. The molecule has 3 fully saturated rings. The van der Waals surface area contributed by atoms with Gasteiger partial charge in [0, 0.05) is 28.4 Å². The van der Waals surface area contributed by atoms with Crippen LogP contribution in [0.4, 0.5) is 5.69 Å². The van der Waals surface area contributed by atoms with Crippen molar-refractivity contribution in [3.05, 3.63) is 53.4 Å². The molecule has 2 aromatic carbocycles. The minimum atomic E-state index is -0.457. The summed E-state index contributed by atoms with van der Waals surface area (Å²) in [5, 5.41) is 7.40. The molecule has 2 amide bonds. The zero-order valence-electron chi connectivity index (χ0n) is 19.5. The van der Waals surface area contributed by atoms with Crippen molar-refractivity contribution in [1.82, 2.24) is 10.2 Å². The summed E-state index contributed by atoms with van der Waals surface area (Å²) in [6.45, 7) is 9.01. The topological polar surface area (TPSA) is 61.4 Å². The van der Waals surface area contributed by atoms with Crippen molar-refractivity contribution in [2.24, 2.45) is 11.3 Å². The number of nitrogens with zero attached hydrogens (tertiary/aromatic N) is 1. The lowest BCUT2D eigenvalue weighted by Crippen LogP contribution is -2.57. The van der Waals surface area contributed by atoms with Crippen LogP contribution in [0.1, 0.15) is 43.3 Å². The number of fused-ring (bicyclic) bond motifs is 4. The lowest BCUT2D eigenvalue weighted by molar-refractivity contribution is -0.123. The number of hydrogen-bond acceptors (Lipinski definition) is 4. The van der Waals surface area contributed by atoms with Gasteiger partial charge in [-0.3, -0.25) is 9.59 Å². The Balaban J connectivity index is 1.40. The number of carbonyl (C=O) groups is 2. The average molecular weight is 462 g/mol. The maximum atomic E-state index is 13.1. The van der Waals surface area contributed by atoms with Gasteiger partial charge in [-0.15, -0.1) is 11.3 Å². The highest BCUT2D eigenvalue weighted by Crippen LogP contribution is 2.36. The Morgan fingerprint density at radius 3 is 2.48 bits per heavy atom. The molecule has 1 aromatic heterocycles. The number of nitrogens with one attached hydrogen (secondary N) is 2. The molecule has 1 atom stereocenters. The molecule has 6 rings (SSSR count). The van der Waals surface area contributed by atoms with Gasteiger partial charge in [0.1, 0.15) is 0 Å². The molecular weight excluding hydrogens is 430 g/mol. The summed E-state index contributed by atoms with van der Waals surface area (Å²) in [6.07, 6.45) is 2.37. The highest BCUT2D eigenvalue weighted by atomic mass is 32.1. The van der Waals surface area contributed by atoms with Crippen molar-refractivity contribution in [2.75, 3.05) is 25.0 Å². The third-order valence-electron chi connectivity index (χ3n) is 6.85. The van der Waals surface area contributed by atoms with Crippen molar-refractivity contribution in [2.45, 2.75) is 39.7 Å². The largest absolute Gasteiger partial charge is 0.347 e. The van der Waals surface area contributed by atoms with E-state index in [1.807, 2.05) is 57.2 Å². The number of rotatable bonds is 4. The molecule has 172 valence electrons. The average Bonchev–Trinajstić information content (AvgIpc) is 3.24. The fraction of sp³-hybridized carbons (Fsp3) is 0.407. The third-order valence-corrected chi connectivity index (χ3v) is 8.04. The molecule has 2 bridgehead atoms. The molecule has 2 N–H and O–H groups in total. The number of amides is 2. The van der Waals surface area contributed by atoms with Gasteiger partial charge in [0.05, 0.1) is 4.88 Å². The second kappa shape index (κ2) is 8.58. The molecule has 3 aliphatic heterocycles. The Hall–Kier alpha value is -2.70. The molecule has 3 aromatic rings. The Bertz CT molecular complexity index is 1200. The Kier molecular flexibility index (Phi) is 5.75. The molecule has 0 saturated carbocycles. The van der Waals surface area contributed by atoms with E-state index in [0.717, 1.165) is 38.3 Å². The van der Waals surface area contributed by atoms with Crippen LogP contribution < -0.4 is 10.6 Å². The molecule has 6 heteroatoms. The smallest absolute Gasteiger partial charge is 0.261 e. The zero-order chi connectivity index (χ0) is 23.2. The van der Waals surface area contributed by atoms with Gasteiger partial charge in [-0.1, -0.05) is 51.1 Å². The first kappa shape index (κ1) is 22.1. The second-order valence-electron chi connectivity index (χ2n) is 10.3. The van der Waals surface area contributed by atoms with E-state index in [0.29, 0.717) is 5.92 Å². The van der Waals surface area contributed by atoms with E-state index < -0.39 is 5.41 Å². The third kappa shape index (κ3) is 4.55. The zero-order valence-corrected chi connectivity index (χ0v) is 20.3. The van der Waals surface area contributed by atoms with Crippen molar-refractivity contribution in [3.8, 4) is 11.1 Å². The van der Waals surface area contributed by atoms with Gasteiger partial charge in [0.15, 0.2) is 0 Å². The SMILES string of the molecule is CC(C)(C)C(=O)Nc1cccc(-c2cccc3cc(C(=O)N[C@H]4CN5CCC4CC5)sc23)c1. The number of hydrogen-bond donors (Lipinski definition) is 2. The second-order valence-corrected chi connectivity index (χ2v) is 11.4. The van der Waals surface area contributed by atoms with E-state index in [2.05, 4.69) is 27.7 Å². The highest BCUT2D eigenvalue weighted by Gasteiger charge is 2.35. The van der Waals surface area contributed by atoms with Crippen LogP contribution >= 0.6 is 11.3 Å². The van der Waals surface area contributed by atoms with Crippen molar-refractivity contribution >= 4 is 38.9 Å². The van der Waals surface area contributed by atoms with E-state index in [4.69, 9.17) is 0 Å². The summed E-state index contributed by atoms with van der Waals surface area (Å²) in [7, 11) is 0. The number of benzene rings is 2. The summed E-state index contributed by atoms with van der Waals surface area (Å²) in [6, 6.07) is 16.4. The first-order valence-corrected chi connectivity index (χ1v) is 12.6. The number of piperidine rings is 3. The van der Waals surface area contributed by atoms with Crippen LogP contribution in [0.15, 0.2) is 48.5 Å². The monoisotopic (exact) mass is 461 g/mol. The summed E-state index contributed by atoms with van der Waals surface area (Å²) in [4.78, 5) is 28.7. The summed E-state index contributed by atoms with van der Waals surface area (Å²) in [5.74, 6) is 0.628. The first-order valence-electron chi connectivity index (χ1n) is 11.8.